The lowest BCUT2D eigenvalue weighted by molar-refractivity contribution is 0.669. The van der Waals surface area contributed by atoms with E-state index in [2.05, 4.69) is 406 Å². The quantitative estimate of drug-likeness (QED) is 0.142. The molecule has 8 nitrogen and oxygen atoms in total. The Hall–Kier alpha value is -17.4. The highest BCUT2D eigenvalue weighted by molar-refractivity contribution is 7.27. The molecule has 0 radical (unpaired) electrons. The van der Waals surface area contributed by atoms with Crippen LogP contribution in [0.4, 0.5) is 0 Å². The summed E-state index contributed by atoms with van der Waals surface area (Å²) in [5.41, 5.74) is 17.1. The number of benzene rings is 20. The van der Waals surface area contributed by atoms with Gasteiger partial charge in [0.1, 0.15) is 33.5 Å². The molecule has 0 bridgehead atoms. The summed E-state index contributed by atoms with van der Waals surface area (Å²) >= 11 is 7.51. The van der Waals surface area contributed by atoms with Gasteiger partial charge in [-0.25, -0.2) is 0 Å². The van der Waals surface area contributed by atoms with Crippen molar-refractivity contribution in [2.75, 3.05) is 0 Å². The molecule has 0 unspecified atom stereocenters. The van der Waals surface area contributed by atoms with Gasteiger partial charge >= 0.3 is 0 Å². The van der Waals surface area contributed by atoms with Gasteiger partial charge in [0.25, 0.3) is 0 Å². The van der Waals surface area contributed by atoms with Crippen LogP contribution in [0.2, 0.25) is 0 Å². The number of hydrogen-bond acceptors (Lipinski definition) is 8. The van der Waals surface area contributed by atoms with E-state index in [4.69, 9.17) is 17.7 Å². The molecule has 0 saturated heterocycles. The minimum Gasteiger partial charge on any atom is -0.456 e. The normalized spacial score (nSPS) is 12.6. The van der Waals surface area contributed by atoms with Gasteiger partial charge in [0.15, 0.2) is 11.2 Å². The number of furan rings is 4. The molecule has 0 atom stereocenters. The molecule has 0 saturated carbocycles. The standard InChI is InChI=1S/4C32H17NOS/c1-2-8-19-18(7-1)17-33-27-16-29-24(20-9-3-5-11-28(20)34-29)13-23(27)22-15-31-25(14-26(22)32(19)33)21-10-4-6-12-30(21)35-31;1-2-8-19-18(7-1)17-33-27-16-29-24(20-9-3-5-11-28(20)34-29)14-23(27)22-13-25-21-10-4-6-12-30(21)35-31(25)15-26(22)32(19)33;1-2-8-19-18(7-1)17-33-30(19)26-15-25-21-10-4-6-12-28(21)35-29(25)16-24(26)22-13-14-23-20-9-3-5-11-27(20)34-32(23)31(22)33;1-2-8-19-18(7-1)17-33-30(19)26-16-29-25(21-10-4-6-12-28(21)35-29)15-24(26)22-13-14-23-20-9-3-5-11-27(20)34-32(23)31(22)33/h4*1-17H. The van der Waals surface area contributed by atoms with E-state index in [9.17, 15) is 0 Å². The third-order valence-corrected chi connectivity index (χ3v) is 34.7. The minimum absolute atomic E-state index is 0.930. The lowest BCUT2D eigenvalue weighted by Crippen LogP contribution is -1.90. The maximum Gasteiger partial charge on any atom is 0.160 e. The molecule has 0 fully saturated rings. The van der Waals surface area contributed by atoms with Crippen molar-refractivity contribution >= 4 is 366 Å². The predicted octanol–water partition coefficient (Wildman–Crippen LogP) is 38.7. The first-order valence-electron chi connectivity index (χ1n) is 47.4. The molecule has 0 aliphatic carbocycles. The number of thiophene rings is 4. The minimum atomic E-state index is 0.930. The van der Waals surface area contributed by atoms with Crippen molar-refractivity contribution < 1.29 is 17.7 Å². The van der Waals surface area contributed by atoms with E-state index in [0.29, 0.717) is 0 Å². The Morgan fingerprint density at radius 3 is 0.743 bits per heavy atom. The third kappa shape index (κ3) is 10.5. The molecule has 648 valence electrons. The van der Waals surface area contributed by atoms with Crippen LogP contribution in [0.3, 0.4) is 0 Å². The number of para-hydroxylation sites is 4. The van der Waals surface area contributed by atoms with E-state index in [1.165, 1.54) is 238 Å². The Morgan fingerprint density at radius 2 is 0.379 bits per heavy atom. The van der Waals surface area contributed by atoms with Gasteiger partial charge in [-0.15, -0.1) is 45.3 Å². The van der Waals surface area contributed by atoms with E-state index in [0.717, 1.165) is 82.6 Å². The fourth-order valence-electron chi connectivity index (χ4n) is 24.0. The first-order valence-corrected chi connectivity index (χ1v) is 50.7. The summed E-state index contributed by atoms with van der Waals surface area (Å²) in [7, 11) is 0. The van der Waals surface area contributed by atoms with Crippen LogP contribution in [-0.4, -0.2) is 17.6 Å². The topological polar surface area (TPSA) is 70.2 Å². The fraction of sp³-hybridized carbons (Fsp3) is 0. The van der Waals surface area contributed by atoms with Crippen molar-refractivity contribution in [2.24, 2.45) is 0 Å². The number of nitrogens with zero attached hydrogens (tertiary/aromatic N) is 4. The Balaban J connectivity index is 0.0000000829. The van der Waals surface area contributed by atoms with Crippen molar-refractivity contribution in [3.63, 3.8) is 0 Å². The molecule has 36 rings (SSSR count). The highest BCUT2D eigenvalue weighted by atomic mass is 32.1. The summed E-state index contributed by atoms with van der Waals surface area (Å²) in [6.45, 7) is 0. The van der Waals surface area contributed by atoms with Crippen LogP contribution in [0.1, 0.15) is 0 Å². The lowest BCUT2D eigenvalue weighted by Gasteiger charge is -2.11. The van der Waals surface area contributed by atoms with Gasteiger partial charge in [0.05, 0.1) is 44.1 Å². The van der Waals surface area contributed by atoms with Gasteiger partial charge in [-0.05, 0) is 143 Å². The third-order valence-electron chi connectivity index (χ3n) is 30.2. The zero-order valence-corrected chi connectivity index (χ0v) is 77.6. The molecule has 12 heteroatoms. The molecule has 36 aromatic rings. The highest BCUT2D eigenvalue weighted by Crippen LogP contribution is 2.52. The van der Waals surface area contributed by atoms with Gasteiger partial charge in [-0.3, -0.25) is 0 Å². The maximum absolute atomic E-state index is 6.54. The van der Waals surface area contributed by atoms with Crippen LogP contribution in [-0.2, 0) is 0 Å². The number of fused-ring (bicyclic) bond motifs is 58. The molecule has 0 spiro atoms. The van der Waals surface area contributed by atoms with Gasteiger partial charge in [-0.2, -0.15) is 0 Å². The summed E-state index contributed by atoms with van der Waals surface area (Å²) in [5.74, 6) is 0. The van der Waals surface area contributed by atoms with E-state index in [-0.39, 0.29) is 0 Å². The summed E-state index contributed by atoms with van der Waals surface area (Å²) in [5, 5.41) is 45.3. The van der Waals surface area contributed by atoms with Crippen molar-refractivity contribution in [3.8, 4) is 0 Å². The monoisotopic (exact) mass is 1850 g/mol. The fourth-order valence-corrected chi connectivity index (χ4v) is 28.5. The number of pyridine rings is 4. The molecular weight excluding hydrogens is 1790 g/mol. The Kier molecular flexibility index (Phi) is 15.3. The van der Waals surface area contributed by atoms with Gasteiger partial charge in [0, 0.05) is 247 Å². The Bertz CT molecular complexity index is 12000. The largest absolute Gasteiger partial charge is 0.456 e. The van der Waals surface area contributed by atoms with E-state index in [1.807, 2.05) is 69.6 Å². The molecule has 0 aliphatic heterocycles. The SMILES string of the molecule is c1ccc2c(c1)cn1c2c2cc3c(cc2c2ccc4c5ccccc5oc4c21)sc1ccccc13.c1ccc2c(c1)cn1c2c2cc3sc4ccccc4c3cc2c2ccc3c4ccccc4oc3c21.c1ccc2c(c1)cn1c3cc4oc5ccccc5c4cc3c3cc4c(cc3c21)sc1ccccc14.c1ccc2c(c1)cn1c3cc4oc5ccccc5c4cc3c3cc4sc5ccccc5c4cc3c21. The zero-order chi connectivity index (χ0) is 90.7. The molecule has 16 heterocycles. The predicted molar refractivity (Wildman–Crippen MR) is 600 cm³/mol. The van der Waals surface area contributed by atoms with Gasteiger partial charge in [-0.1, -0.05) is 255 Å². The number of aromatic nitrogens is 4. The second-order valence-electron chi connectivity index (χ2n) is 37.5. The molecular formula is C128H68N4O4S4. The molecule has 16 aromatic heterocycles. The smallest absolute Gasteiger partial charge is 0.160 e. The molecule has 0 amide bonds. The van der Waals surface area contributed by atoms with Gasteiger partial charge < -0.3 is 35.3 Å². The van der Waals surface area contributed by atoms with Crippen LogP contribution in [0.25, 0.3) is 320 Å². The summed E-state index contributed by atoms with van der Waals surface area (Å²) < 4.78 is 45.8. The summed E-state index contributed by atoms with van der Waals surface area (Å²) in [4.78, 5) is 0. The Morgan fingerprint density at radius 1 is 0.136 bits per heavy atom. The zero-order valence-electron chi connectivity index (χ0n) is 74.3. The molecule has 20 aromatic carbocycles. The van der Waals surface area contributed by atoms with Crippen molar-refractivity contribution in [1.82, 2.24) is 17.6 Å². The van der Waals surface area contributed by atoms with Crippen molar-refractivity contribution in [3.05, 3.63) is 413 Å². The maximum atomic E-state index is 6.54. The van der Waals surface area contributed by atoms with Crippen LogP contribution in [0.5, 0.6) is 0 Å². The summed E-state index contributed by atoms with van der Waals surface area (Å²) in [6, 6.07) is 141. The van der Waals surface area contributed by atoms with Crippen molar-refractivity contribution in [2.45, 2.75) is 0 Å². The molecule has 0 N–H and O–H groups in total. The highest BCUT2D eigenvalue weighted by Gasteiger charge is 2.27. The van der Waals surface area contributed by atoms with Crippen molar-refractivity contribution in [1.29, 1.82) is 0 Å². The lowest BCUT2D eigenvalue weighted by atomic mass is 9.99. The van der Waals surface area contributed by atoms with Crippen LogP contribution >= 0.6 is 45.3 Å². The van der Waals surface area contributed by atoms with Crippen LogP contribution in [0, 0.1) is 0 Å². The average molecular weight is 1850 g/mol. The Labute approximate surface area is 807 Å². The number of rotatable bonds is 0. The van der Waals surface area contributed by atoms with E-state index < -0.39 is 0 Å². The summed E-state index contributed by atoms with van der Waals surface area (Å²) in [6.07, 6.45) is 9.09. The molecule has 140 heavy (non-hydrogen) atoms. The second kappa shape index (κ2) is 28.2. The average Bonchev–Trinajstić information content (AvgIpc) is 1.45. The van der Waals surface area contributed by atoms with E-state index in [1.54, 1.807) is 0 Å². The van der Waals surface area contributed by atoms with Gasteiger partial charge in [0.2, 0.25) is 0 Å². The van der Waals surface area contributed by atoms with Crippen LogP contribution in [0.15, 0.2) is 431 Å². The van der Waals surface area contributed by atoms with Crippen LogP contribution < -0.4 is 0 Å². The van der Waals surface area contributed by atoms with E-state index >= 15 is 0 Å². The number of hydrogen-bond donors (Lipinski definition) is 0. The first-order chi connectivity index (χ1) is 69.4. The molecule has 0 aliphatic rings. The second-order valence-corrected chi connectivity index (χ2v) is 41.8. The first kappa shape index (κ1) is 75.9.